The second-order valence-corrected chi connectivity index (χ2v) is 13.3. The fraction of sp³-hybridized carbons (Fsp3) is 0.297. The van der Waals surface area contributed by atoms with E-state index in [0.717, 1.165) is 16.7 Å². The summed E-state index contributed by atoms with van der Waals surface area (Å²) in [5.41, 5.74) is 8.95. The van der Waals surface area contributed by atoms with Crippen molar-refractivity contribution in [3.63, 3.8) is 0 Å². The van der Waals surface area contributed by atoms with E-state index < -0.39 is 52.7 Å². The second-order valence-electron chi connectivity index (χ2n) is 11.4. The summed E-state index contributed by atoms with van der Waals surface area (Å²) in [6.45, 7) is 8.80. The minimum atomic E-state index is -3.96. The lowest BCUT2D eigenvalue weighted by Crippen LogP contribution is -2.48. The van der Waals surface area contributed by atoms with Crippen LogP contribution in [0.3, 0.4) is 0 Å². The van der Waals surface area contributed by atoms with Crippen molar-refractivity contribution in [3.05, 3.63) is 126 Å². The SMILES string of the molecule is C=CC=C(C=CC)C(c1ccccc1)C(NC(=O)OC)C(=O)Nc1ccccc1CCC(CO)N(C(C)C)S(=O)(=O)c1ccc(N)cc1. The number of hydrogen-bond acceptors (Lipinski definition) is 7. The number of methoxy groups -OCH3 is 1. The molecule has 0 spiro atoms. The molecule has 0 bridgehead atoms. The summed E-state index contributed by atoms with van der Waals surface area (Å²) < 4.78 is 33.6. The van der Waals surface area contributed by atoms with Gasteiger partial charge in [0, 0.05) is 29.4 Å². The molecule has 3 rings (SSSR count). The van der Waals surface area contributed by atoms with Crippen molar-refractivity contribution >= 4 is 33.4 Å². The standard InChI is InChI=1S/C37H46N4O6S/c1-6-13-28(14-7-2)34(29-16-9-8-10-17-29)35(40-37(44)47-5)36(43)39-33-18-12-11-15-27(33)19-22-31(25-42)41(26(3)4)48(45,46)32-23-20-30(38)21-24-32/h6-18,20-21,23-24,26,31,34-35,42H,1,19,22,25,38H2,2-5H3,(H,39,43)(H,40,44). The van der Waals surface area contributed by atoms with Crippen molar-refractivity contribution in [2.75, 3.05) is 24.8 Å². The number of aliphatic hydroxyl groups excluding tert-OH is 1. The topological polar surface area (TPSA) is 151 Å². The van der Waals surface area contributed by atoms with Crippen LogP contribution in [0.5, 0.6) is 0 Å². The number of para-hydroxylation sites is 1. The maximum atomic E-state index is 14.2. The summed E-state index contributed by atoms with van der Waals surface area (Å²) >= 11 is 0. The van der Waals surface area contributed by atoms with Gasteiger partial charge in [-0.15, -0.1) is 0 Å². The normalized spacial score (nSPS) is 14.0. The van der Waals surface area contributed by atoms with Crippen LogP contribution in [0.25, 0.3) is 0 Å². The Labute approximate surface area is 284 Å². The van der Waals surface area contributed by atoms with Crippen molar-refractivity contribution in [1.82, 2.24) is 9.62 Å². The van der Waals surface area contributed by atoms with E-state index in [1.165, 1.54) is 35.7 Å². The molecule has 2 amide bonds. The Hall–Kier alpha value is -4.71. The molecule has 10 nitrogen and oxygen atoms in total. The number of sulfonamides is 1. The van der Waals surface area contributed by atoms with Crippen LogP contribution < -0.4 is 16.4 Å². The van der Waals surface area contributed by atoms with Crippen LogP contribution in [-0.2, 0) is 26.0 Å². The molecule has 0 aromatic heterocycles. The van der Waals surface area contributed by atoms with Gasteiger partial charge in [0.2, 0.25) is 15.9 Å². The number of aliphatic hydroxyl groups is 1. The molecule has 3 atom stereocenters. The highest BCUT2D eigenvalue weighted by Gasteiger charge is 2.35. The van der Waals surface area contributed by atoms with Gasteiger partial charge < -0.3 is 26.2 Å². The van der Waals surface area contributed by atoms with E-state index in [-0.39, 0.29) is 11.3 Å². The first kappa shape index (κ1) is 37.7. The number of amides is 2. The van der Waals surface area contributed by atoms with Gasteiger partial charge in [-0.2, -0.15) is 4.31 Å². The first-order valence-electron chi connectivity index (χ1n) is 15.7. The number of carbonyl (C=O) groups is 2. The monoisotopic (exact) mass is 674 g/mol. The lowest BCUT2D eigenvalue weighted by Gasteiger charge is -2.33. The number of aryl methyl sites for hydroxylation is 1. The Morgan fingerprint density at radius 3 is 2.25 bits per heavy atom. The van der Waals surface area contributed by atoms with E-state index in [2.05, 4.69) is 17.2 Å². The lowest BCUT2D eigenvalue weighted by molar-refractivity contribution is -0.118. The highest BCUT2D eigenvalue weighted by Crippen LogP contribution is 2.31. The number of anilines is 2. The molecule has 3 aromatic rings. The molecule has 256 valence electrons. The van der Waals surface area contributed by atoms with E-state index in [4.69, 9.17) is 10.5 Å². The van der Waals surface area contributed by atoms with Crippen LogP contribution in [-0.4, -0.2) is 61.7 Å². The molecular formula is C37H46N4O6S. The van der Waals surface area contributed by atoms with Gasteiger partial charge in [0.05, 0.1) is 18.6 Å². The number of nitrogens with zero attached hydrogens (tertiary/aromatic N) is 1. The maximum Gasteiger partial charge on any atom is 0.407 e. The van der Waals surface area contributed by atoms with Crippen LogP contribution in [0.2, 0.25) is 0 Å². The van der Waals surface area contributed by atoms with E-state index in [9.17, 15) is 23.1 Å². The van der Waals surface area contributed by atoms with Gasteiger partial charge in [0.25, 0.3) is 0 Å². The largest absolute Gasteiger partial charge is 0.453 e. The van der Waals surface area contributed by atoms with Crippen LogP contribution in [0.1, 0.15) is 44.2 Å². The molecule has 5 N–H and O–H groups in total. The predicted molar refractivity (Wildman–Crippen MR) is 191 cm³/mol. The van der Waals surface area contributed by atoms with Crippen LogP contribution >= 0.6 is 0 Å². The number of nitrogens with one attached hydrogen (secondary N) is 2. The number of benzene rings is 3. The van der Waals surface area contributed by atoms with Gasteiger partial charge in [-0.05, 0) is 80.6 Å². The average molecular weight is 675 g/mol. The minimum Gasteiger partial charge on any atom is -0.453 e. The first-order chi connectivity index (χ1) is 23.0. The number of carbonyl (C=O) groups excluding carboxylic acids is 2. The number of alkyl carbamates (subject to hydrolysis) is 1. The summed E-state index contributed by atoms with van der Waals surface area (Å²) in [7, 11) is -2.73. The van der Waals surface area contributed by atoms with Crippen molar-refractivity contribution < 1.29 is 27.9 Å². The molecule has 48 heavy (non-hydrogen) atoms. The Morgan fingerprint density at radius 2 is 1.67 bits per heavy atom. The van der Waals surface area contributed by atoms with Gasteiger partial charge >= 0.3 is 6.09 Å². The molecular weight excluding hydrogens is 628 g/mol. The Kier molecular flexibility index (Phi) is 14.2. The van der Waals surface area contributed by atoms with Gasteiger partial charge in [-0.25, -0.2) is 13.2 Å². The van der Waals surface area contributed by atoms with E-state index in [1.807, 2.05) is 61.5 Å². The third kappa shape index (κ3) is 9.66. The molecule has 0 saturated carbocycles. The highest BCUT2D eigenvalue weighted by atomic mass is 32.2. The predicted octanol–water partition coefficient (Wildman–Crippen LogP) is 5.80. The molecule has 0 aliphatic carbocycles. The van der Waals surface area contributed by atoms with E-state index >= 15 is 0 Å². The quantitative estimate of drug-likeness (QED) is 0.111. The molecule has 0 saturated heterocycles. The molecule has 0 heterocycles. The number of hydrogen-bond donors (Lipinski definition) is 4. The van der Waals surface area contributed by atoms with Gasteiger partial charge in [-0.1, -0.05) is 79.4 Å². The molecule has 0 fully saturated rings. The van der Waals surface area contributed by atoms with E-state index in [1.54, 1.807) is 38.1 Å². The summed E-state index contributed by atoms with van der Waals surface area (Å²) in [6, 6.07) is 20.2. The molecule has 0 aliphatic rings. The molecule has 11 heteroatoms. The Bertz CT molecular complexity index is 1690. The second kappa shape index (κ2) is 18.0. The third-order valence-electron chi connectivity index (χ3n) is 7.82. The van der Waals surface area contributed by atoms with Crippen molar-refractivity contribution in [1.29, 1.82) is 0 Å². The number of nitrogen functional groups attached to an aromatic ring is 1. The van der Waals surface area contributed by atoms with Crippen molar-refractivity contribution in [2.45, 2.75) is 62.6 Å². The molecule has 3 aromatic carbocycles. The molecule has 0 radical (unpaired) electrons. The fourth-order valence-electron chi connectivity index (χ4n) is 5.66. The van der Waals surface area contributed by atoms with Crippen molar-refractivity contribution in [3.8, 4) is 0 Å². The first-order valence-corrected chi connectivity index (χ1v) is 17.2. The lowest BCUT2D eigenvalue weighted by atomic mass is 9.83. The summed E-state index contributed by atoms with van der Waals surface area (Å²) in [5.74, 6) is -1.10. The molecule has 0 aliphatic heterocycles. The average Bonchev–Trinajstić information content (AvgIpc) is 3.07. The van der Waals surface area contributed by atoms with Gasteiger partial charge in [0.15, 0.2) is 0 Å². The minimum absolute atomic E-state index is 0.0800. The van der Waals surface area contributed by atoms with Crippen molar-refractivity contribution in [2.24, 2.45) is 0 Å². The number of ether oxygens (including phenoxy) is 1. The van der Waals surface area contributed by atoms with Crippen LogP contribution in [0.15, 0.2) is 120 Å². The zero-order valence-electron chi connectivity index (χ0n) is 27.9. The van der Waals surface area contributed by atoms with E-state index in [0.29, 0.717) is 17.8 Å². The Morgan fingerprint density at radius 1 is 1.02 bits per heavy atom. The fourth-order valence-corrected chi connectivity index (χ4v) is 7.51. The zero-order valence-corrected chi connectivity index (χ0v) is 28.7. The molecule has 3 unspecified atom stereocenters. The smallest absolute Gasteiger partial charge is 0.407 e. The van der Waals surface area contributed by atoms with Gasteiger partial charge in [-0.3, -0.25) is 4.79 Å². The zero-order chi connectivity index (χ0) is 35.3. The van der Waals surface area contributed by atoms with Gasteiger partial charge in [0.1, 0.15) is 6.04 Å². The summed E-state index contributed by atoms with van der Waals surface area (Å²) in [4.78, 5) is 26.8. The maximum absolute atomic E-state index is 14.2. The summed E-state index contributed by atoms with van der Waals surface area (Å²) in [6.07, 6.45) is 6.95. The Balaban J connectivity index is 1.96. The highest BCUT2D eigenvalue weighted by molar-refractivity contribution is 7.89. The number of nitrogens with two attached hydrogens (primary N) is 1. The number of rotatable bonds is 16. The van der Waals surface area contributed by atoms with Crippen LogP contribution in [0.4, 0.5) is 16.2 Å². The summed E-state index contributed by atoms with van der Waals surface area (Å²) in [5, 5.41) is 16.1. The third-order valence-corrected chi connectivity index (χ3v) is 9.96. The number of allylic oxidation sites excluding steroid dienone is 4. The van der Waals surface area contributed by atoms with Crippen LogP contribution in [0, 0.1) is 0 Å².